The molecule has 0 bridgehead atoms. The molecule has 3 N–H and O–H groups in total. The van der Waals surface area contributed by atoms with Gasteiger partial charge in [-0.2, -0.15) is 8.42 Å². The van der Waals surface area contributed by atoms with Crippen LogP contribution in [0.4, 0.5) is 0 Å². The highest BCUT2D eigenvalue weighted by Gasteiger charge is 2.24. The van der Waals surface area contributed by atoms with Gasteiger partial charge in [-0.15, -0.1) is 0 Å². The van der Waals surface area contributed by atoms with Crippen LogP contribution in [0.3, 0.4) is 0 Å². The Morgan fingerprint density at radius 2 is 1.05 bits per heavy atom. The van der Waals surface area contributed by atoms with Gasteiger partial charge in [0.05, 0.1) is 17.9 Å². The second-order valence-electron chi connectivity index (χ2n) is 11.5. The lowest BCUT2D eigenvalue weighted by Gasteiger charge is -2.21. The monoisotopic (exact) mass is 573 g/mol. The third-order valence-corrected chi connectivity index (χ3v) is 8.24. The van der Waals surface area contributed by atoms with Gasteiger partial charge in [0.25, 0.3) is 10.1 Å². The third-order valence-electron chi connectivity index (χ3n) is 7.46. The SMILES string of the molecule is CCCCCCCC/C=C/C(O)C(CS(=O)(=O)O)NC(=O)CCCCCCCCCCCCCCCCCC. The van der Waals surface area contributed by atoms with Crippen molar-refractivity contribution < 1.29 is 22.9 Å². The summed E-state index contributed by atoms with van der Waals surface area (Å²) < 4.78 is 32.1. The van der Waals surface area contributed by atoms with E-state index in [-0.39, 0.29) is 5.91 Å². The van der Waals surface area contributed by atoms with Gasteiger partial charge in [0, 0.05) is 6.42 Å². The lowest BCUT2D eigenvalue weighted by molar-refractivity contribution is -0.122. The molecule has 2 atom stereocenters. The van der Waals surface area contributed by atoms with Crippen molar-refractivity contribution in [1.82, 2.24) is 5.32 Å². The van der Waals surface area contributed by atoms with E-state index in [9.17, 15) is 22.9 Å². The molecule has 0 radical (unpaired) electrons. The van der Waals surface area contributed by atoms with Crippen LogP contribution in [0.15, 0.2) is 12.2 Å². The summed E-state index contributed by atoms with van der Waals surface area (Å²) in [7, 11) is -4.32. The van der Waals surface area contributed by atoms with Crippen LogP contribution >= 0.6 is 0 Å². The lowest BCUT2D eigenvalue weighted by Crippen LogP contribution is -2.46. The molecular formula is C32H63NO5S. The summed E-state index contributed by atoms with van der Waals surface area (Å²) in [6, 6.07) is -1.05. The van der Waals surface area contributed by atoms with Crippen LogP contribution in [0.1, 0.15) is 168 Å². The maximum absolute atomic E-state index is 12.4. The van der Waals surface area contributed by atoms with Gasteiger partial charge in [-0.25, -0.2) is 0 Å². The molecule has 1 amide bonds. The van der Waals surface area contributed by atoms with E-state index in [4.69, 9.17) is 0 Å². The van der Waals surface area contributed by atoms with E-state index in [1.165, 1.54) is 115 Å². The first kappa shape index (κ1) is 38.1. The van der Waals surface area contributed by atoms with E-state index in [2.05, 4.69) is 19.2 Å². The number of aliphatic hydroxyl groups excluding tert-OH is 1. The second kappa shape index (κ2) is 27.3. The largest absolute Gasteiger partial charge is 0.387 e. The summed E-state index contributed by atoms with van der Waals surface area (Å²) in [6.07, 6.45) is 30.6. The number of amides is 1. The topological polar surface area (TPSA) is 104 Å². The molecule has 39 heavy (non-hydrogen) atoms. The maximum atomic E-state index is 12.4. The average molecular weight is 574 g/mol. The Hall–Kier alpha value is -0.920. The van der Waals surface area contributed by atoms with E-state index >= 15 is 0 Å². The van der Waals surface area contributed by atoms with Gasteiger partial charge < -0.3 is 10.4 Å². The molecule has 7 heteroatoms. The minimum atomic E-state index is -4.32. The molecule has 0 fully saturated rings. The van der Waals surface area contributed by atoms with E-state index in [1.54, 1.807) is 0 Å². The Bertz CT molecular complexity index is 680. The number of aliphatic hydroxyl groups is 1. The Balaban J connectivity index is 3.93. The molecule has 0 aliphatic heterocycles. The Labute approximate surface area is 241 Å². The van der Waals surface area contributed by atoms with Crippen molar-refractivity contribution in [2.24, 2.45) is 0 Å². The van der Waals surface area contributed by atoms with E-state index in [0.717, 1.165) is 38.5 Å². The van der Waals surface area contributed by atoms with Crippen molar-refractivity contribution >= 4 is 16.0 Å². The quantitative estimate of drug-likeness (QED) is 0.0472. The van der Waals surface area contributed by atoms with Crippen molar-refractivity contribution in [2.45, 2.75) is 180 Å². The fraction of sp³-hybridized carbons (Fsp3) is 0.906. The van der Waals surface area contributed by atoms with Crippen LogP contribution in [-0.2, 0) is 14.9 Å². The fourth-order valence-corrected chi connectivity index (χ4v) is 5.71. The summed E-state index contributed by atoms with van der Waals surface area (Å²) in [6.45, 7) is 4.45. The minimum absolute atomic E-state index is 0.280. The first-order valence-corrected chi connectivity index (χ1v) is 18.0. The van der Waals surface area contributed by atoms with Crippen LogP contribution in [0.2, 0.25) is 0 Å². The Morgan fingerprint density at radius 1 is 0.667 bits per heavy atom. The molecule has 6 nitrogen and oxygen atoms in total. The van der Waals surface area contributed by atoms with Crippen molar-refractivity contribution in [3.8, 4) is 0 Å². The first-order valence-electron chi connectivity index (χ1n) is 16.4. The van der Waals surface area contributed by atoms with Gasteiger partial charge in [-0.1, -0.05) is 154 Å². The number of hydrogen-bond acceptors (Lipinski definition) is 4. The molecule has 232 valence electrons. The van der Waals surface area contributed by atoms with Crippen LogP contribution in [0.25, 0.3) is 0 Å². The molecule has 0 rings (SSSR count). The van der Waals surface area contributed by atoms with E-state index in [0.29, 0.717) is 6.42 Å². The number of rotatable bonds is 29. The van der Waals surface area contributed by atoms with E-state index in [1.807, 2.05) is 6.08 Å². The second-order valence-corrected chi connectivity index (χ2v) is 12.9. The van der Waals surface area contributed by atoms with Gasteiger partial charge in [-0.3, -0.25) is 9.35 Å². The Kier molecular flexibility index (Phi) is 26.6. The van der Waals surface area contributed by atoms with Crippen molar-refractivity contribution in [1.29, 1.82) is 0 Å². The summed E-state index contributed by atoms with van der Waals surface area (Å²) >= 11 is 0. The molecule has 0 aromatic rings. The highest BCUT2D eigenvalue weighted by Crippen LogP contribution is 2.14. The molecule has 0 heterocycles. The molecule has 0 saturated carbocycles. The average Bonchev–Trinajstić information content (AvgIpc) is 2.88. The molecule has 2 unspecified atom stereocenters. The van der Waals surface area contributed by atoms with Gasteiger partial charge >= 0.3 is 0 Å². The number of nitrogens with one attached hydrogen (secondary N) is 1. The molecule has 0 saturated heterocycles. The summed E-state index contributed by atoms with van der Waals surface area (Å²) in [4.78, 5) is 12.4. The van der Waals surface area contributed by atoms with Crippen LogP contribution in [0, 0.1) is 0 Å². The first-order chi connectivity index (χ1) is 18.8. The minimum Gasteiger partial charge on any atom is -0.387 e. The van der Waals surface area contributed by atoms with Gasteiger partial charge in [0.1, 0.15) is 0 Å². The third kappa shape index (κ3) is 28.4. The standard InChI is InChI=1S/C32H63NO5S/c1-3-5-7-9-11-13-14-15-16-17-18-19-20-22-24-26-28-32(35)33-30(29-39(36,37)38)31(34)27-25-23-21-12-10-8-6-4-2/h25,27,30-31,34H,3-24,26,28-29H2,1-2H3,(H,33,35)(H,36,37,38)/b27-25+. The predicted octanol–water partition coefficient (Wildman–Crippen LogP) is 8.68. The van der Waals surface area contributed by atoms with Gasteiger partial charge in [0.2, 0.25) is 5.91 Å². The predicted molar refractivity (Wildman–Crippen MR) is 166 cm³/mol. The van der Waals surface area contributed by atoms with Gasteiger partial charge in [-0.05, 0) is 19.3 Å². The molecule has 0 aromatic carbocycles. The number of allylic oxidation sites excluding steroid dienone is 1. The number of carbonyl (C=O) groups excluding carboxylic acids is 1. The van der Waals surface area contributed by atoms with Crippen molar-refractivity contribution in [3.63, 3.8) is 0 Å². The fourth-order valence-electron chi connectivity index (χ4n) is 4.98. The summed E-state index contributed by atoms with van der Waals surface area (Å²) in [5.41, 5.74) is 0. The highest BCUT2D eigenvalue weighted by atomic mass is 32.2. The zero-order chi connectivity index (χ0) is 29.0. The Morgan fingerprint density at radius 3 is 1.46 bits per heavy atom. The highest BCUT2D eigenvalue weighted by molar-refractivity contribution is 7.85. The van der Waals surface area contributed by atoms with Crippen LogP contribution in [0.5, 0.6) is 0 Å². The summed E-state index contributed by atoms with van der Waals surface area (Å²) in [5.74, 6) is -0.974. The maximum Gasteiger partial charge on any atom is 0.267 e. The molecule has 0 spiro atoms. The van der Waals surface area contributed by atoms with Crippen molar-refractivity contribution in [3.05, 3.63) is 12.2 Å². The van der Waals surface area contributed by atoms with Crippen LogP contribution < -0.4 is 5.32 Å². The zero-order valence-electron chi connectivity index (χ0n) is 25.5. The van der Waals surface area contributed by atoms with Crippen molar-refractivity contribution in [2.75, 3.05) is 5.75 Å². The molecule has 0 aromatic heterocycles. The number of carbonyl (C=O) groups is 1. The number of unbranched alkanes of at least 4 members (excludes halogenated alkanes) is 21. The summed E-state index contributed by atoms with van der Waals surface area (Å²) in [5, 5.41) is 13.1. The van der Waals surface area contributed by atoms with E-state index < -0.39 is 28.0 Å². The normalized spacial score (nSPS) is 13.6. The molecular weight excluding hydrogens is 510 g/mol. The molecule has 0 aliphatic rings. The molecule has 0 aliphatic carbocycles. The number of hydrogen-bond donors (Lipinski definition) is 3. The van der Waals surface area contributed by atoms with Gasteiger partial charge in [0.15, 0.2) is 0 Å². The smallest absolute Gasteiger partial charge is 0.267 e. The zero-order valence-corrected chi connectivity index (χ0v) is 26.3. The van der Waals surface area contributed by atoms with Crippen LogP contribution in [-0.4, -0.2) is 41.9 Å². The lowest BCUT2D eigenvalue weighted by atomic mass is 10.0.